The molecule has 0 aromatic heterocycles. The monoisotopic (exact) mass is 359 g/mol. The standard InChI is InChI=1S/C20H22FNO4/c1-14(2)26-20(24)12-17(15-8-4-3-5-9-15)22-19(23)13-25-18-11-7-6-10-16(18)21/h3-11,14,17H,12-13H2,1-2H3,(H,22,23). The SMILES string of the molecule is CC(C)OC(=O)CC(NC(=O)COc1ccccc1F)c1ccccc1. The van der Waals surface area contributed by atoms with Gasteiger partial charge in [0, 0.05) is 0 Å². The Morgan fingerprint density at radius 3 is 2.35 bits per heavy atom. The van der Waals surface area contributed by atoms with Gasteiger partial charge < -0.3 is 14.8 Å². The van der Waals surface area contributed by atoms with Crippen LogP contribution in [0.5, 0.6) is 5.75 Å². The molecule has 2 aromatic carbocycles. The topological polar surface area (TPSA) is 64.6 Å². The molecule has 0 spiro atoms. The van der Waals surface area contributed by atoms with E-state index in [1.807, 2.05) is 30.3 Å². The number of hydrogen-bond donors (Lipinski definition) is 1. The van der Waals surface area contributed by atoms with Crippen LogP contribution in [0.15, 0.2) is 54.6 Å². The van der Waals surface area contributed by atoms with E-state index < -0.39 is 23.7 Å². The highest BCUT2D eigenvalue weighted by molar-refractivity contribution is 5.79. The first kappa shape index (κ1) is 19.4. The third-order valence-corrected chi connectivity index (χ3v) is 3.47. The molecule has 0 saturated carbocycles. The van der Waals surface area contributed by atoms with Gasteiger partial charge in [-0.3, -0.25) is 9.59 Å². The van der Waals surface area contributed by atoms with E-state index in [-0.39, 0.29) is 24.9 Å². The molecule has 0 aliphatic rings. The van der Waals surface area contributed by atoms with Crippen LogP contribution in [0.1, 0.15) is 31.9 Å². The zero-order valence-electron chi connectivity index (χ0n) is 14.8. The van der Waals surface area contributed by atoms with Gasteiger partial charge in [0.25, 0.3) is 5.91 Å². The molecule has 5 nitrogen and oxygen atoms in total. The summed E-state index contributed by atoms with van der Waals surface area (Å²) in [6.07, 6.45) is -0.243. The minimum atomic E-state index is -0.556. The van der Waals surface area contributed by atoms with Crippen molar-refractivity contribution in [1.82, 2.24) is 5.32 Å². The molecule has 0 fully saturated rings. The lowest BCUT2D eigenvalue weighted by molar-refractivity contribution is -0.148. The Bertz CT molecular complexity index is 734. The number of esters is 1. The Hall–Kier alpha value is -2.89. The molecule has 0 bridgehead atoms. The minimum Gasteiger partial charge on any atom is -0.481 e. The molecule has 2 rings (SSSR count). The highest BCUT2D eigenvalue weighted by Crippen LogP contribution is 2.18. The first-order valence-electron chi connectivity index (χ1n) is 8.37. The second-order valence-corrected chi connectivity index (χ2v) is 5.99. The molecule has 0 aliphatic carbocycles. The number of hydrogen-bond acceptors (Lipinski definition) is 4. The van der Waals surface area contributed by atoms with E-state index in [0.717, 1.165) is 5.56 Å². The van der Waals surface area contributed by atoms with Crippen molar-refractivity contribution < 1.29 is 23.5 Å². The molecule has 26 heavy (non-hydrogen) atoms. The predicted octanol–water partition coefficient (Wildman–Crippen LogP) is 3.40. The first-order chi connectivity index (χ1) is 12.5. The highest BCUT2D eigenvalue weighted by Gasteiger charge is 2.20. The van der Waals surface area contributed by atoms with Crippen LogP contribution in [-0.4, -0.2) is 24.6 Å². The van der Waals surface area contributed by atoms with E-state index in [1.165, 1.54) is 18.2 Å². The Morgan fingerprint density at radius 2 is 1.69 bits per heavy atom. The normalized spacial score (nSPS) is 11.7. The number of nitrogens with one attached hydrogen (secondary N) is 1. The summed E-state index contributed by atoms with van der Waals surface area (Å²) in [6.45, 7) is 3.16. The van der Waals surface area contributed by atoms with Gasteiger partial charge in [-0.15, -0.1) is 0 Å². The first-order valence-corrected chi connectivity index (χ1v) is 8.37. The maximum absolute atomic E-state index is 13.5. The van der Waals surface area contributed by atoms with Crippen molar-refractivity contribution >= 4 is 11.9 Å². The third-order valence-electron chi connectivity index (χ3n) is 3.47. The van der Waals surface area contributed by atoms with Crippen molar-refractivity contribution in [2.75, 3.05) is 6.61 Å². The van der Waals surface area contributed by atoms with E-state index in [2.05, 4.69) is 5.32 Å². The van der Waals surface area contributed by atoms with Gasteiger partial charge in [-0.2, -0.15) is 0 Å². The van der Waals surface area contributed by atoms with Crippen molar-refractivity contribution in [2.45, 2.75) is 32.4 Å². The molecular weight excluding hydrogens is 337 g/mol. The summed E-state index contributed by atoms with van der Waals surface area (Å²) < 4.78 is 23.9. The van der Waals surface area contributed by atoms with Crippen LogP contribution >= 0.6 is 0 Å². The van der Waals surface area contributed by atoms with Gasteiger partial charge in [0.15, 0.2) is 18.2 Å². The number of carbonyl (C=O) groups excluding carboxylic acids is 2. The number of para-hydroxylation sites is 1. The van der Waals surface area contributed by atoms with E-state index >= 15 is 0 Å². The lowest BCUT2D eigenvalue weighted by atomic mass is 10.0. The molecule has 6 heteroatoms. The number of ether oxygens (including phenoxy) is 2. The van der Waals surface area contributed by atoms with Crippen LogP contribution in [0.2, 0.25) is 0 Å². The Balaban J connectivity index is 2.00. The van der Waals surface area contributed by atoms with Crippen molar-refractivity contribution in [2.24, 2.45) is 0 Å². The van der Waals surface area contributed by atoms with E-state index in [4.69, 9.17) is 9.47 Å². The predicted molar refractivity (Wildman–Crippen MR) is 95.1 cm³/mol. The van der Waals surface area contributed by atoms with Crippen molar-refractivity contribution in [1.29, 1.82) is 0 Å². The molecule has 0 saturated heterocycles. The van der Waals surface area contributed by atoms with Gasteiger partial charge in [-0.25, -0.2) is 4.39 Å². The number of amides is 1. The number of halogens is 1. The molecule has 138 valence electrons. The molecule has 0 aliphatic heterocycles. The fourth-order valence-corrected chi connectivity index (χ4v) is 2.36. The molecule has 0 heterocycles. The second-order valence-electron chi connectivity index (χ2n) is 5.99. The Labute approximate surface area is 152 Å². The summed E-state index contributed by atoms with van der Waals surface area (Å²) >= 11 is 0. The molecule has 1 unspecified atom stereocenters. The van der Waals surface area contributed by atoms with Crippen LogP contribution in [0.3, 0.4) is 0 Å². The highest BCUT2D eigenvalue weighted by atomic mass is 19.1. The average molecular weight is 359 g/mol. The Kier molecular flexibility index (Phi) is 7.14. The van der Waals surface area contributed by atoms with Crippen LogP contribution in [0, 0.1) is 5.82 Å². The summed E-state index contributed by atoms with van der Waals surface area (Å²) in [7, 11) is 0. The van der Waals surface area contributed by atoms with Crippen molar-refractivity contribution in [3.05, 3.63) is 66.0 Å². The molecule has 1 N–H and O–H groups in total. The lowest BCUT2D eigenvalue weighted by Crippen LogP contribution is -2.34. The van der Waals surface area contributed by atoms with E-state index in [9.17, 15) is 14.0 Å². The zero-order valence-corrected chi connectivity index (χ0v) is 14.8. The summed E-state index contributed by atoms with van der Waals surface area (Å²) in [5, 5.41) is 2.74. The van der Waals surface area contributed by atoms with Gasteiger partial charge in [-0.1, -0.05) is 42.5 Å². The number of carbonyl (C=O) groups is 2. The van der Waals surface area contributed by atoms with Crippen LogP contribution in [0.4, 0.5) is 4.39 Å². The quantitative estimate of drug-likeness (QED) is 0.734. The maximum atomic E-state index is 13.5. The van der Waals surface area contributed by atoms with Gasteiger partial charge in [0.2, 0.25) is 0 Å². The van der Waals surface area contributed by atoms with Gasteiger partial charge >= 0.3 is 5.97 Å². The van der Waals surface area contributed by atoms with Crippen LogP contribution in [0.25, 0.3) is 0 Å². The number of benzene rings is 2. The largest absolute Gasteiger partial charge is 0.481 e. The number of rotatable bonds is 8. The van der Waals surface area contributed by atoms with E-state index in [1.54, 1.807) is 19.9 Å². The third kappa shape index (κ3) is 6.20. The maximum Gasteiger partial charge on any atom is 0.308 e. The molecule has 2 aromatic rings. The summed E-state index contributed by atoms with van der Waals surface area (Å²) in [5.41, 5.74) is 0.771. The minimum absolute atomic E-state index is 0.00173. The summed E-state index contributed by atoms with van der Waals surface area (Å²) in [6, 6.07) is 14.4. The van der Waals surface area contributed by atoms with E-state index in [0.29, 0.717) is 0 Å². The molecule has 0 radical (unpaired) electrons. The lowest BCUT2D eigenvalue weighted by Gasteiger charge is -2.19. The van der Waals surface area contributed by atoms with Crippen LogP contribution < -0.4 is 10.1 Å². The average Bonchev–Trinajstić information content (AvgIpc) is 2.60. The van der Waals surface area contributed by atoms with Gasteiger partial charge in [0.1, 0.15) is 0 Å². The molecule has 1 atom stereocenters. The van der Waals surface area contributed by atoms with Gasteiger partial charge in [-0.05, 0) is 31.5 Å². The summed E-state index contributed by atoms with van der Waals surface area (Å²) in [4.78, 5) is 24.2. The van der Waals surface area contributed by atoms with Crippen molar-refractivity contribution in [3.63, 3.8) is 0 Å². The fourth-order valence-electron chi connectivity index (χ4n) is 2.36. The van der Waals surface area contributed by atoms with Crippen molar-refractivity contribution in [3.8, 4) is 5.75 Å². The molecular formula is C20H22FNO4. The Morgan fingerprint density at radius 1 is 1.04 bits per heavy atom. The van der Waals surface area contributed by atoms with Gasteiger partial charge in [0.05, 0.1) is 18.6 Å². The summed E-state index contributed by atoms with van der Waals surface area (Å²) in [5.74, 6) is -1.41. The fraction of sp³-hybridized carbons (Fsp3) is 0.300. The second kappa shape index (κ2) is 9.56. The zero-order chi connectivity index (χ0) is 18.9. The molecule has 1 amide bonds. The smallest absolute Gasteiger partial charge is 0.308 e. The van der Waals surface area contributed by atoms with Crippen LogP contribution in [-0.2, 0) is 14.3 Å².